The van der Waals surface area contributed by atoms with Gasteiger partial charge in [0.2, 0.25) is 5.56 Å². The number of pyridine rings is 1. The van der Waals surface area contributed by atoms with Crippen LogP contribution in [0.3, 0.4) is 0 Å². The van der Waals surface area contributed by atoms with Gasteiger partial charge in [-0.15, -0.1) is 0 Å². The first-order chi connectivity index (χ1) is 7.31. The SMILES string of the molecule is O=c1ccc(C2=CC3CC(CN3)C2)c[nH]1. The van der Waals surface area contributed by atoms with Crippen LogP contribution in [0.2, 0.25) is 0 Å². The van der Waals surface area contributed by atoms with Crippen molar-refractivity contribution < 1.29 is 0 Å². The second kappa shape index (κ2) is 3.35. The van der Waals surface area contributed by atoms with E-state index >= 15 is 0 Å². The van der Waals surface area contributed by atoms with Crippen LogP contribution in [0.1, 0.15) is 18.4 Å². The predicted octanol–water partition coefficient (Wildman–Crippen LogP) is 1.14. The quantitative estimate of drug-likeness (QED) is 0.717. The fourth-order valence-corrected chi connectivity index (χ4v) is 2.57. The molecule has 2 heterocycles. The van der Waals surface area contributed by atoms with E-state index in [0.29, 0.717) is 6.04 Å². The number of fused-ring (bicyclic) bond motifs is 2. The van der Waals surface area contributed by atoms with Crippen molar-refractivity contribution in [3.8, 4) is 0 Å². The molecule has 2 bridgehead atoms. The molecule has 2 aliphatic rings. The van der Waals surface area contributed by atoms with Gasteiger partial charge in [-0.3, -0.25) is 4.79 Å². The zero-order valence-electron chi connectivity index (χ0n) is 8.49. The highest BCUT2D eigenvalue weighted by Gasteiger charge is 2.28. The van der Waals surface area contributed by atoms with Gasteiger partial charge in [0.25, 0.3) is 0 Å². The lowest BCUT2D eigenvalue weighted by Gasteiger charge is -2.18. The molecule has 0 amide bonds. The lowest BCUT2D eigenvalue weighted by molar-refractivity contribution is 0.579. The maximum atomic E-state index is 11.0. The second-order valence-electron chi connectivity index (χ2n) is 4.45. The molecule has 0 saturated carbocycles. The first-order valence-corrected chi connectivity index (χ1v) is 5.44. The molecule has 15 heavy (non-hydrogen) atoms. The van der Waals surface area contributed by atoms with Gasteiger partial charge < -0.3 is 10.3 Å². The molecule has 3 nitrogen and oxygen atoms in total. The van der Waals surface area contributed by atoms with Crippen molar-refractivity contribution in [3.05, 3.63) is 40.3 Å². The molecular formula is C12H14N2O. The molecule has 0 radical (unpaired) electrons. The van der Waals surface area contributed by atoms with Crippen LogP contribution in [0.25, 0.3) is 5.57 Å². The average molecular weight is 202 g/mol. The second-order valence-corrected chi connectivity index (χ2v) is 4.45. The number of H-pyrrole nitrogens is 1. The van der Waals surface area contributed by atoms with Crippen LogP contribution >= 0.6 is 0 Å². The molecular weight excluding hydrogens is 188 g/mol. The molecule has 2 unspecified atom stereocenters. The number of allylic oxidation sites excluding steroid dienone is 1. The fraction of sp³-hybridized carbons (Fsp3) is 0.417. The molecule has 1 aliphatic carbocycles. The third kappa shape index (κ3) is 1.63. The molecule has 2 N–H and O–H groups in total. The highest BCUT2D eigenvalue weighted by atomic mass is 16.1. The number of hydrogen-bond donors (Lipinski definition) is 2. The molecule has 1 saturated heterocycles. The van der Waals surface area contributed by atoms with Crippen molar-refractivity contribution in [2.75, 3.05) is 6.54 Å². The maximum absolute atomic E-state index is 11.0. The summed E-state index contributed by atoms with van der Waals surface area (Å²) >= 11 is 0. The van der Waals surface area contributed by atoms with E-state index in [1.54, 1.807) is 6.07 Å². The summed E-state index contributed by atoms with van der Waals surface area (Å²) in [7, 11) is 0. The van der Waals surface area contributed by atoms with E-state index in [1.165, 1.54) is 12.0 Å². The Morgan fingerprint density at radius 2 is 2.27 bits per heavy atom. The summed E-state index contributed by atoms with van der Waals surface area (Å²) in [4.78, 5) is 13.7. The highest BCUT2D eigenvalue weighted by Crippen LogP contribution is 2.33. The largest absolute Gasteiger partial charge is 0.329 e. The molecule has 0 spiro atoms. The Morgan fingerprint density at radius 1 is 1.33 bits per heavy atom. The predicted molar refractivity (Wildman–Crippen MR) is 59.6 cm³/mol. The van der Waals surface area contributed by atoms with E-state index in [-0.39, 0.29) is 5.56 Å². The van der Waals surface area contributed by atoms with Crippen LogP contribution < -0.4 is 10.9 Å². The molecule has 3 heteroatoms. The fourth-order valence-electron chi connectivity index (χ4n) is 2.57. The van der Waals surface area contributed by atoms with E-state index in [1.807, 2.05) is 12.3 Å². The van der Waals surface area contributed by atoms with Gasteiger partial charge in [0, 0.05) is 18.3 Å². The molecule has 2 atom stereocenters. The minimum absolute atomic E-state index is 0.0312. The summed E-state index contributed by atoms with van der Waals surface area (Å²) in [6, 6.07) is 4.06. The van der Waals surface area contributed by atoms with E-state index < -0.39 is 0 Å². The van der Waals surface area contributed by atoms with Gasteiger partial charge >= 0.3 is 0 Å². The van der Waals surface area contributed by atoms with Crippen molar-refractivity contribution >= 4 is 5.57 Å². The van der Waals surface area contributed by atoms with Crippen LogP contribution in [-0.2, 0) is 0 Å². The monoisotopic (exact) mass is 202 g/mol. The van der Waals surface area contributed by atoms with Gasteiger partial charge in [0.15, 0.2) is 0 Å². The molecule has 3 rings (SSSR count). The van der Waals surface area contributed by atoms with Gasteiger partial charge in [-0.05, 0) is 42.5 Å². The number of aromatic nitrogens is 1. The summed E-state index contributed by atoms with van der Waals surface area (Å²) in [6.45, 7) is 1.13. The Morgan fingerprint density at radius 3 is 3.00 bits per heavy atom. The van der Waals surface area contributed by atoms with Gasteiger partial charge in [-0.2, -0.15) is 0 Å². The van der Waals surface area contributed by atoms with E-state index in [4.69, 9.17) is 0 Å². The van der Waals surface area contributed by atoms with Crippen LogP contribution in [0.4, 0.5) is 0 Å². The van der Waals surface area contributed by atoms with Crippen molar-refractivity contribution in [3.63, 3.8) is 0 Å². The number of nitrogens with one attached hydrogen (secondary N) is 2. The van der Waals surface area contributed by atoms with E-state index in [9.17, 15) is 4.79 Å². The molecule has 1 aromatic rings. The number of hydrogen-bond acceptors (Lipinski definition) is 2. The molecule has 1 aliphatic heterocycles. The topological polar surface area (TPSA) is 44.9 Å². The smallest absolute Gasteiger partial charge is 0.247 e. The minimum atomic E-state index is -0.0312. The Bertz CT molecular complexity index is 440. The van der Waals surface area contributed by atoms with Crippen LogP contribution in [0.5, 0.6) is 0 Å². The van der Waals surface area contributed by atoms with Crippen LogP contribution in [0.15, 0.2) is 29.2 Å². The molecule has 1 aromatic heterocycles. The first-order valence-electron chi connectivity index (χ1n) is 5.44. The average Bonchev–Trinajstić information content (AvgIpc) is 2.59. The summed E-state index contributed by atoms with van der Waals surface area (Å²) in [5.74, 6) is 0.780. The molecule has 78 valence electrons. The Balaban J connectivity index is 1.94. The summed E-state index contributed by atoms with van der Waals surface area (Å²) in [6.07, 6.45) is 6.53. The lowest BCUT2D eigenvalue weighted by Crippen LogP contribution is -2.18. The van der Waals surface area contributed by atoms with E-state index in [2.05, 4.69) is 16.4 Å². The normalized spacial score (nSPS) is 28.9. The summed E-state index contributed by atoms with van der Waals surface area (Å²) in [5, 5.41) is 3.48. The maximum Gasteiger partial charge on any atom is 0.247 e. The van der Waals surface area contributed by atoms with Gasteiger partial charge in [-0.1, -0.05) is 6.08 Å². The Hall–Kier alpha value is -1.35. The zero-order chi connectivity index (χ0) is 10.3. The molecule has 0 aromatic carbocycles. The van der Waals surface area contributed by atoms with Crippen LogP contribution in [0, 0.1) is 5.92 Å². The van der Waals surface area contributed by atoms with Gasteiger partial charge in [-0.25, -0.2) is 0 Å². The lowest BCUT2D eigenvalue weighted by atomic mass is 9.87. The van der Waals surface area contributed by atoms with E-state index in [0.717, 1.165) is 24.4 Å². The van der Waals surface area contributed by atoms with Crippen molar-refractivity contribution in [2.45, 2.75) is 18.9 Å². The highest BCUT2D eigenvalue weighted by molar-refractivity contribution is 5.66. The third-order valence-corrected chi connectivity index (χ3v) is 3.32. The summed E-state index contributed by atoms with van der Waals surface area (Å²) in [5.41, 5.74) is 2.50. The number of aromatic amines is 1. The Kier molecular flexibility index (Phi) is 1.99. The first kappa shape index (κ1) is 8.92. The van der Waals surface area contributed by atoms with Crippen molar-refractivity contribution in [1.82, 2.24) is 10.3 Å². The standard InChI is InChI=1S/C12H14N2O/c15-12-2-1-9(7-14-12)10-3-8-4-11(5-10)13-6-8/h1-2,5,7-8,11,13H,3-4,6H2,(H,14,15). The number of rotatable bonds is 1. The van der Waals surface area contributed by atoms with Gasteiger partial charge in [0.1, 0.15) is 0 Å². The summed E-state index contributed by atoms with van der Waals surface area (Å²) < 4.78 is 0. The van der Waals surface area contributed by atoms with Crippen molar-refractivity contribution in [1.29, 1.82) is 0 Å². The third-order valence-electron chi connectivity index (χ3n) is 3.32. The van der Waals surface area contributed by atoms with Crippen molar-refractivity contribution in [2.24, 2.45) is 5.92 Å². The van der Waals surface area contributed by atoms with Gasteiger partial charge in [0.05, 0.1) is 0 Å². The minimum Gasteiger partial charge on any atom is -0.329 e. The van der Waals surface area contributed by atoms with Crippen LogP contribution in [-0.4, -0.2) is 17.6 Å². The molecule has 1 fully saturated rings. The Labute approximate surface area is 88.2 Å². The zero-order valence-corrected chi connectivity index (χ0v) is 8.49.